The zero-order valence-electron chi connectivity index (χ0n) is 19.9. The molecule has 0 spiro atoms. The molecule has 34 heavy (non-hydrogen) atoms. The second-order valence-electron chi connectivity index (χ2n) is 9.55. The smallest absolute Gasteiger partial charge is 0.323 e. The van der Waals surface area contributed by atoms with Crippen molar-refractivity contribution in [2.24, 2.45) is 0 Å². The fourth-order valence-electron chi connectivity index (χ4n) is 4.27. The van der Waals surface area contributed by atoms with E-state index in [9.17, 15) is 14.7 Å². The Balaban J connectivity index is 2.13. The van der Waals surface area contributed by atoms with Crippen molar-refractivity contribution in [3.05, 3.63) is 75.4 Å². The highest BCUT2D eigenvalue weighted by atomic mass is 35.5. The molecule has 6 nitrogen and oxygen atoms in total. The van der Waals surface area contributed by atoms with Crippen molar-refractivity contribution in [1.82, 2.24) is 9.78 Å². The largest absolute Gasteiger partial charge is 0.480 e. The minimum Gasteiger partial charge on any atom is -0.480 e. The summed E-state index contributed by atoms with van der Waals surface area (Å²) in [6.07, 6.45) is 0. The van der Waals surface area contributed by atoms with Gasteiger partial charge in [0, 0.05) is 16.0 Å². The second-order valence-corrected chi connectivity index (χ2v) is 11.1. The SMILES string of the molecule is Cc1cccc(-n2nc(C(C)(C)C)c3c2N(CC(=O)O)C(=O)CSC3c2ccccc2Cl)c1C. The Bertz CT molecular complexity index is 1280. The highest BCUT2D eigenvalue weighted by molar-refractivity contribution is 8.00. The van der Waals surface area contributed by atoms with Crippen LogP contribution < -0.4 is 4.90 Å². The van der Waals surface area contributed by atoms with Gasteiger partial charge in [-0.1, -0.05) is 62.7 Å². The first-order valence-corrected chi connectivity index (χ1v) is 12.5. The first-order chi connectivity index (χ1) is 16.0. The molecule has 8 heteroatoms. The molecule has 1 unspecified atom stereocenters. The molecule has 0 radical (unpaired) electrons. The molecule has 1 aliphatic heterocycles. The summed E-state index contributed by atoms with van der Waals surface area (Å²) < 4.78 is 1.76. The number of thioether (sulfide) groups is 1. The fraction of sp³-hybridized carbons (Fsp3) is 0.346. The molecule has 1 aromatic heterocycles. The Morgan fingerprint density at radius 2 is 1.88 bits per heavy atom. The summed E-state index contributed by atoms with van der Waals surface area (Å²) in [6.45, 7) is 9.81. The third-order valence-corrected chi connectivity index (χ3v) is 7.67. The van der Waals surface area contributed by atoms with E-state index in [0.717, 1.165) is 33.6 Å². The van der Waals surface area contributed by atoms with Crippen LogP contribution in [0.25, 0.3) is 5.69 Å². The van der Waals surface area contributed by atoms with E-state index < -0.39 is 12.5 Å². The number of rotatable bonds is 4. The maximum atomic E-state index is 13.3. The second kappa shape index (κ2) is 9.12. The lowest BCUT2D eigenvalue weighted by molar-refractivity contribution is -0.136. The zero-order chi connectivity index (χ0) is 24.8. The molecule has 1 atom stereocenters. The molecular formula is C26H28ClN3O3S. The maximum absolute atomic E-state index is 13.3. The molecule has 2 aromatic carbocycles. The first kappa shape index (κ1) is 24.4. The molecule has 0 aliphatic carbocycles. The van der Waals surface area contributed by atoms with Gasteiger partial charge in [-0.25, -0.2) is 4.68 Å². The molecule has 0 bridgehead atoms. The van der Waals surface area contributed by atoms with Gasteiger partial charge in [-0.05, 0) is 42.7 Å². The average Bonchev–Trinajstić information content (AvgIpc) is 3.09. The van der Waals surface area contributed by atoms with Gasteiger partial charge in [-0.15, -0.1) is 11.8 Å². The number of hydrogen-bond donors (Lipinski definition) is 1. The summed E-state index contributed by atoms with van der Waals surface area (Å²) in [7, 11) is 0. The number of hydrogen-bond acceptors (Lipinski definition) is 4. The minimum absolute atomic E-state index is 0.133. The third kappa shape index (κ3) is 4.34. The quantitative estimate of drug-likeness (QED) is 0.500. The number of aliphatic carboxylic acids is 1. The van der Waals surface area contributed by atoms with Crippen LogP contribution >= 0.6 is 23.4 Å². The van der Waals surface area contributed by atoms with Crippen LogP contribution in [-0.4, -0.2) is 39.1 Å². The van der Waals surface area contributed by atoms with Crippen molar-refractivity contribution in [3.8, 4) is 5.69 Å². The molecule has 0 fully saturated rings. The normalized spacial score (nSPS) is 16.4. The van der Waals surface area contributed by atoms with Gasteiger partial charge in [-0.3, -0.25) is 14.5 Å². The first-order valence-electron chi connectivity index (χ1n) is 11.1. The predicted octanol–water partition coefficient (Wildman–Crippen LogP) is 5.69. The van der Waals surface area contributed by atoms with Crippen LogP contribution in [0.2, 0.25) is 5.02 Å². The lowest BCUT2D eigenvalue weighted by Gasteiger charge is -2.24. The van der Waals surface area contributed by atoms with Crippen LogP contribution in [0.4, 0.5) is 5.82 Å². The van der Waals surface area contributed by atoms with Crippen molar-refractivity contribution >= 4 is 41.1 Å². The molecule has 4 rings (SSSR count). The number of carbonyl (C=O) groups is 2. The number of amides is 1. The van der Waals surface area contributed by atoms with E-state index in [1.807, 2.05) is 56.3 Å². The van der Waals surface area contributed by atoms with E-state index in [4.69, 9.17) is 16.7 Å². The van der Waals surface area contributed by atoms with Crippen molar-refractivity contribution in [2.45, 2.75) is 45.3 Å². The highest BCUT2D eigenvalue weighted by Gasteiger charge is 2.40. The van der Waals surface area contributed by atoms with E-state index in [1.54, 1.807) is 4.68 Å². The number of carbonyl (C=O) groups excluding carboxylic acids is 1. The predicted molar refractivity (Wildman–Crippen MR) is 137 cm³/mol. The van der Waals surface area contributed by atoms with Gasteiger partial charge in [-0.2, -0.15) is 5.10 Å². The van der Waals surface area contributed by atoms with Gasteiger partial charge >= 0.3 is 5.97 Å². The highest BCUT2D eigenvalue weighted by Crippen LogP contribution is 2.49. The summed E-state index contributed by atoms with van der Waals surface area (Å²) in [5, 5.41) is 15.1. The summed E-state index contributed by atoms with van der Waals surface area (Å²) in [5.41, 5.74) is 5.08. The molecule has 2 heterocycles. The van der Waals surface area contributed by atoms with Crippen LogP contribution in [-0.2, 0) is 15.0 Å². The maximum Gasteiger partial charge on any atom is 0.323 e. The van der Waals surface area contributed by atoms with Crippen molar-refractivity contribution in [3.63, 3.8) is 0 Å². The van der Waals surface area contributed by atoms with Gasteiger partial charge in [0.1, 0.15) is 12.4 Å². The molecular weight excluding hydrogens is 470 g/mol. The molecule has 0 saturated heterocycles. The van der Waals surface area contributed by atoms with Gasteiger partial charge in [0.15, 0.2) is 0 Å². The van der Waals surface area contributed by atoms with Crippen LogP contribution in [0, 0.1) is 13.8 Å². The monoisotopic (exact) mass is 497 g/mol. The molecule has 3 aromatic rings. The lowest BCUT2D eigenvalue weighted by atomic mass is 9.87. The lowest BCUT2D eigenvalue weighted by Crippen LogP contribution is -2.38. The number of benzene rings is 2. The standard InChI is InChI=1S/C26H28ClN3O3S/c1-15-9-8-12-19(16(15)2)30-25-22(24(28-30)26(3,4)5)23(17-10-6-7-11-18(17)27)34-14-20(31)29(25)13-21(32)33/h6-12,23H,13-14H2,1-5H3,(H,32,33). The topological polar surface area (TPSA) is 75.4 Å². The minimum atomic E-state index is -1.08. The number of carboxylic acids is 1. The van der Waals surface area contributed by atoms with Gasteiger partial charge in [0.05, 0.1) is 22.4 Å². The van der Waals surface area contributed by atoms with E-state index in [2.05, 4.69) is 20.8 Å². The summed E-state index contributed by atoms with van der Waals surface area (Å²) in [6, 6.07) is 13.5. The summed E-state index contributed by atoms with van der Waals surface area (Å²) >= 11 is 8.09. The number of anilines is 1. The van der Waals surface area contributed by atoms with Crippen molar-refractivity contribution in [1.29, 1.82) is 0 Å². The van der Waals surface area contributed by atoms with E-state index in [0.29, 0.717) is 10.8 Å². The van der Waals surface area contributed by atoms with Crippen LogP contribution in [0.1, 0.15) is 54.0 Å². The van der Waals surface area contributed by atoms with E-state index >= 15 is 0 Å². The molecule has 1 N–H and O–H groups in total. The number of carboxylic acid groups (broad SMARTS) is 1. The van der Waals surface area contributed by atoms with Gasteiger partial charge < -0.3 is 5.11 Å². The average molecular weight is 498 g/mol. The van der Waals surface area contributed by atoms with E-state index in [-0.39, 0.29) is 22.3 Å². The number of fused-ring (bicyclic) bond motifs is 1. The Morgan fingerprint density at radius 3 is 2.53 bits per heavy atom. The van der Waals surface area contributed by atoms with Crippen molar-refractivity contribution < 1.29 is 14.7 Å². The summed E-state index contributed by atoms with van der Waals surface area (Å²) in [5.74, 6) is -0.712. The van der Waals surface area contributed by atoms with E-state index in [1.165, 1.54) is 16.7 Å². The fourth-order valence-corrected chi connectivity index (χ4v) is 5.82. The Morgan fingerprint density at radius 1 is 1.18 bits per heavy atom. The Kier molecular flexibility index (Phi) is 6.53. The summed E-state index contributed by atoms with van der Waals surface area (Å²) in [4.78, 5) is 26.6. The molecule has 1 aliphatic rings. The molecule has 1 amide bonds. The van der Waals surface area contributed by atoms with Crippen LogP contribution in [0.15, 0.2) is 42.5 Å². The number of halogens is 1. The van der Waals surface area contributed by atoms with Crippen LogP contribution in [0.5, 0.6) is 0 Å². The van der Waals surface area contributed by atoms with Crippen LogP contribution in [0.3, 0.4) is 0 Å². The van der Waals surface area contributed by atoms with Gasteiger partial charge in [0.2, 0.25) is 5.91 Å². The Labute approximate surface area is 208 Å². The number of nitrogens with zero attached hydrogens (tertiary/aromatic N) is 3. The van der Waals surface area contributed by atoms with Crippen molar-refractivity contribution in [2.75, 3.05) is 17.2 Å². The van der Waals surface area contributed by atoms with Gasteiger partial charge in [0.25, 0.3) is 0 Å². The Hall–Kier alpha value is -2.77. The molecule has 0 saturated carbocycles. The number of aromatic nitrogens is 2. The zero-order valence-corrected chi connectivity index (χ0v) is 21.5. The third-order valence-electron chi connectivity index (χ3n) is 6.08. The molecule has 178 valence electrons. The number of aryl methyl sites for hydroxylation is 1.